The van der Waals surface area contributed by atoms with Gasteiger partial charge in [-0.15, -0.1) is 6.58 Å². The van der Waals surface area contributed by atoms with Gasteiger partial charge in [-0.05, 0) is 18.6 Å². The van der Waals surface area contributed by atoms with Crippen molar-refractivity contribution in [1.29, 1.82) is 5.26 Å². The molecular formula is C11H11NO. The lowest BCUT2D eigenvalue weighted by atomic mass is 10.0. The Morgan fingerprint density at radius 3 is 2.92 bits per heavy atom. The zero-order valence-electron chi connectivity index (χ0n) is 7.58. The van der Waals surface area contributed by atoms with Crippen molar-refractivity contribution in [3.05, 3.63) is 42.0 Å². The number of methoxy groups -OCH3 is 1. The molecule has 0 spiro atoms. The molecule has 0 aliphatic carbocycles. The highest BCUT2D eigenvalue weighted by molar-refractivity contribution is 5.47. The summed E-state index contributed by atoms with van der Waals surface area (Å²) in [5.74, 6) is 0.749. The van der Waals surface area contributed by atoms with Crippen molar-refractivity contribution in [1.82, 2.24) is 0 Å². The average molecular weight is 173 g/mol. The summed E-state index contributed by atoms with van der Waals surface area (Å²) in [5.41, 5.74) is 1.56. The summed E-state index contributed by atoms with van der Waals surface area (Å²) < 4.78 is 5.14. The Balaban J connectivity index is 3.22. The predicted molar refractivity (Wildman–Crippen MR) is 51.6 cm³/mol. The topological polar surface area (TPSA) is 33.0 Å². The summed E-state index contributed by atoms with van der Waals surface area (Å²) >= 11 is 0. The van der Waals surface area contributed by atoms with Crippen LogP contribution in [0.5, 0.6) is 5.75 Å². The second kappa shape index (κ2) is 4.32. The fraction of sp³-hybridized carbons (Fsp3) is 0.182. The SMILES string of the molecule is C=CCc1c(C#N)cccc1OC. The fourth-order valence-corrected chi connectivity index (χ4v) is 1.22. The third kappa shape index (κ3) is 1.88. The van der Waals surface area contributed by atoms with E-state index in [0.717, 1.165) is 11.3 Å². The minimum absolute atomic E-state index is 0.652. The standard InChI is InChI=1S/C11H11NO/c1-3-5-10-9(8-12)6-4-7-11(10)13-2/h3-4,6-7H,1,5H2,2H3. The third-order valence-electron chi connectivity index (χ3n) is 1.82. The lowest BCUT2D eigenvalue weighted by molar-refractivity contribution is 0.410. The van der Waals surface area contributed by atoms with E-state index < -0.39 is 0 Å². The van der Waals surface area contributed by atoms with E-state index in [4.69, 9.17) is 10.00 Å². The first-order chi connectivity index (χ1) is 6.33. The van der Waals surface area contributed by atoms with Gasteiger partial charge in [0.15, 0.2) is 0 Å². The summed E-state index contributed by atoms with van der Waals surface area (Å²) in [6, 6.07) is 7.56. The predicted octanol–water partition coefficient (Wildman–Crippen LogP) is 2.30. The molecule has 66 valence electrons. The zero-order valence-corrected chi connectivity index (χ0v) is 7.58. The average Bonchev–Trinajstić information content (AvgIpc) is 2.18. The van der Waals surface area contributed by atoms with Crippen LogP contribution in [0.1, 0.15) is 11.1 Å². The van der Waals surface area contributed by atoms with E-state index in [1.165, 1.54) is 0 Å². The van der Waals surface area contributed by atoms with Crippen molar-refractivity contribution < 1.29 is 4.74 Å². The highest BCUT2D eigenvalue weighted by Crippen LogP contribution is 2.22. The number of hydrogen-bond donors (Lipinski definition) is 0. The van der Waals surface area contributed by atoms with Crippen LogP contribution in [-0.4, -0.2) is 7.11 Å². The van der Waals surface area contributed by atoms with Crippen LogP contribution in [0.2, 0.25) is 0 Å². The van der Waals surface area contributed by atoms with E-state index in [0.29, 0.717) is 12.0 Å². The Hall–Kier alpha value is -1.75. The molecule has 0 heterocycles. The first-order valence-electron chi connectivity index (χ1n) is 4.00. The Bertz CT molecular complexity index is 350. The Kier molecular flexibility index (Phi) is 3.10. The molecule has 0 unspecified atom stereocenters. The van der Waals surface area contributed by atoms with Crippen LogP contribution in [0.4, 0.5) is 0 Å². The van der Waals surface area contributed by atoms with Gasteiger partial charge in [-0.25, -0.2) is 0 Å². The molecule has 0 radical (unpaired) electrons. The quantitative estimate of drug-likeness (QED) is 0.657. The molecule has 0 saturated carbocycles. The zero-order chi connectivity index (χ0) is 9.68. The van der Waals surface area contributed by atoms with E-state index in [1.807, 2.05) is 12.1 Å². The maximum atomic E-state index is 8.83. The second-order valence-corrected chi connectivity index (χ2v) is 2.59. The molecule has 0 fully saturated rings. The van der Waals surface area contributed by atoms with Gasteiger partial charge in [0.05, 0.1) is 18.7 Å². The van der Waals surface area contributed by atoms with Gasteiger partial charge >= 0.3 is 0 Å². The molecule has 0 aliphatic heterocycles. The number of ether oxygens (including phenoxy) is 1. The molecular weight excluding hydrogens is 162 g/mol. The van der Waals surface area contributed by atoms with Crippen LogP contribution in [0.15, 0.2) is 30.9 Å². The van der Waals surface area contributed by atoms with Crippen molar-refractivity contribution in [2.24, 2.45) is 0 Å². The van der Waals surface area contributed by atoms with Gasteiger partial charge in [0.25, 0.3) is 0 Å². The van der Waals surface area contributed by atoms with Gasteiger partial charge in [0, 0.05) is 5.56 Å². The van der Waals surface area contributed by atoms with E-state index >= 15 is 0 Å². The van der Waals surface area contributed by atoms with Crippen LogP contribution in [0.25, 0.3) is 0 Å². The minimum atomic E-state index is 0.652. The number of allylic oxidation sites excluding steroid dienone is 1. The van der Waals surface area contributed by atoms with Crippen LogP contribution in [0.3, 0.4) is 0 Å². The number of rotatable bonds is 3. The van der Waals surface area contributed by atoms with E-state index in [1.54, 1.807) is 19.3 Å². The van der Waals surface area contributed by atoms with Gasteiger partial charge in [0.1, 0.15) is 5.75 Å². The van der Waals surface area contributed by atoms with Crippen molar-refractivity contribution >= 4 is 0 Å². The molecule has 2 nitrogen and oxygen atoms in total. The molecule has 2 heteroatoms. The highest BCUT2D eigenvalue weighted by atomic mass is 16.5. The minimum Gasteiger partial charge on any atom is -0.496 e. The fourth-order valence-electron chi connectivity index (χ4n) is 1.22. The highest BCUT2D eigenvalue weighted by Gasteiger charge is 2.05. The van der Waals surface area contributed by atoms with Crippen molar-refractivity contribution in [3.63, 3.8) is 0 Å². The molecule has 1 aromatic rings. The normalized spacial score (nSPS) is 8.92. The summed E-state index contributed by atoms with van der Waals surface area (Å²) in [6.07, 6.45) is 2.42. The Morgan fingerprint density at radius 1 is 1.62 bits per heavy atom. The first-order valence-corrected chi connectivity index (χ1v) is 4.00. The molecule has 0 saturated heterocycles. The molecule has 1 aromatic carbocycles. The molecule has 0 aliphatic rings. The van der Waals surface area contributed by atoms with Crippen molar-refractivity contribution in [2.75, 3.05) is 7.11 Å². The van der Waals surface area contributed by atoms with Gasteiger partial charge in [-0.2, -0.15) is 5.26 Å². The molecule has 0 bridgehead atoms. The lowest BCUT2D eigenvalue weighted by Crippen LogP contribution is -1.94. The number of nitriles is 1. The first kappa shape index (κ1) is 9.34. The van der Waals surface area contributed by atoms with Gasteiger partial charge in [-0.3, -0.25) is 0 Å². The van der Waals surface area contributed by atoms with Crippen LogP contribution >= 0.6 is 0 Å². The molecule has 1 rings (SSSR count). The van der Waals surface area contributed by atoms with Crippen LogP contribution < -0.4 is 4.74 Å². The van der Waals surface area contributed by atoms with Crippen LogP contribution in [0, 0.1) is 11.3 Å². The summed E-state index contributed by atoms with van der Waals surface area (Å²) in [7, 11) is 1.60. The lowest BCUT2D eigenvalue weighted by Gasteiger charge is -2.07. The van der Waals surface area contributed by atoms with Gasteiger partial charge in [0.2, 0.25) is 0 Å². The maximum Gasteiger partial charge on any atom is 0.123 e. The number of hydrogen-bond acceptors (Lipinski definition) is 2. The van der Waals surface area contributed by atoms with E-state index in [9.17, 15) is 0 Å². The summed E-state index contributed by atoms with van der Waals surface area (Å²) in [6.45, 7) is 3.64. The smallest absolute Gasteiger partial charge is 0.123 e. The summed E-state index contributed by atoms with van der Waals surface area (Å²) in [4.78, 5) is 0. The third-order valence-corrected chi connectivity index (χ3v) is 1.82. The molecule has 0 amide bonds. The van der Waals surface area contributed by atoms with E-state index in [2.05, 4.69) is 12.6 Å². The van der Waals surface area contributed by atoms with E-state index in [-0.39, 0.29) is 0 Å². The molecule has 0 N–H and O–H groups in total. The monoisotopic (exact) mass is 173 g/mol. The summed E-state index contributed by atoms with van der Waals surface area (Å²) in [5, 5.41) is 8.83. The number of nitrogens with zero attached hydrogens (tertiary/aromatic N) is 1. The Labute approximate surface area is 78.1 Å². The molecule has 0 atom stereocenters. The van der Waals surface area contributed by atoms with Crippen molar-refractivity contribution in [2.45, 2.75) is 6.42 Å². The number of benzene rings is 1. The largest absolute Gasteiger partial charge is 0.496 e. The van der Waals surface area contributed by atoms with Gasteiger partial charge in [-0.1, -0.05) is 12.1 Å². The van der Waals surface area contributed by atoms with Crippen molar-refractivity contribution in [3.8, 4) is 11.8 Å². The van der Waals surface area contributed by atoms with Gasteiger partial charge < -0.3 is 4.74 Å². The molecule has 0 aromatic heterocycles. The Morgan fingerprint density at radius 2 is 2.38 bits per heavy atom. The second-order valence-electron chi connectivity index (χ2n) is 2.59. The van der Waals surface area contributed by atoms with Crippen LogP contribution in [-0.2, 0) is 6.42 Å². The molecule has 13 heavy (non-hydrogen) atoms. The maximum absolute atomic E-state index is 8.83.